The predicted molar refractivity (Wildman–Crippen MR) is 64.5 cm³/mol. The first-order valence-electron chi connectivity index (χ1n) is 5.79. The maximum atomic E-state index is 5.27. The van der Waals surface area contributed by atoms with E-state index in [9.17, 15) is 0 Å². The summed E-state index contributed by atoms with van der Waals surface area (Å²) in [5.74, 6) is 0. The van der Waals surface area contributed by atoms with Crippen LogP contribution in [0, 0.1) is 0 Å². The van der Waals surface area contributed by atoms with Gasteiger partial charge in [0.2, 0.25) is 0 Å². The lowest BCUT2D eigenvalue weighted by Crippen LogP contribution is -2.18. The van der Waals surface area contributed by atoms with Gasteiger partial charge in [-0.3, -0.25) is 0 Å². The third-order valence-corrected chi connectivity index (χ3v) is 3.96. The first-order chi connectivity index (χ1) is 7.40. The van der Waals surface area contributed by atoms with Gasteiger partial charge in [0, 0.05) is 29.5 Å². The number of ether oxygens (including phenoxy) is 1. The van der Waals surface area contributed by atoms with E-state index >= 15 is 0 Å². The van der Waals surface area contributed by atoms with Crippen molar-refractivity contribution in [2.24, 2.45) is 0 Å². The Labute approximate surface area is 95.6 Å². The SMILES string of the molecule is CCOCCNCc1cc2c(s1)CCC2. The molecule has 2 nitrogen and oxygen atoms in total. The average Bonchev–Trinajstić information content (AvgIpc) is 2.77. The maximum Gasteiger partial charge on any atom is 0.0590 e. The molecule has 0 spiro atoms. The minimum absolute atomic E-state index is 0.814. The summed E-state index contributed by atoms with van der Waals surface area (Å²) >= 11 is 1.98. The Kier molecular flexibility index (Phi) is 4.18. The second-order valence-corrected chi connectivity index (χ2v) is 5.11. The van der Waals surface area contributed by atoms with E-state index in [2.05, 4.69) is 11.4 Å². The molecule has 0 fully saturated rings. The molecule has 3 heteroatoms. The molecule has 1 aromatic rings. The Bertz CT molecular complexity index is 287. The zero-order valence-corrected chi connectivity index (χ0v) is 10.2. The lowest BCUT2D eigenvalue weighted by molar-refractivity contribution is 0.149. The topological polar surface area (TPSA) is 21.3 Å². The Morgan fingerprint density at radius 3 is 3.20 bits per heavy atom. The van der Waals surface area contributed by atoms with Crippen LogP contribution in [0.5, 0.6) is 0 Å². The number of fused-ring (bicyclic) bond motifs is 1. The molecule has 0 unspecified atom stereocenters. The Hall–Kier alpha value is -0.380. The zero-order valence-electron chi connectivity index (χ0n) is 9.34. The summed E-state index contributed by atoms with van der Waals surface area (Å²) in [4.78, 5) is 3.10. The molecule has 0 aliphatic heterocycles. The first-order valence-corrected chi connectivity index (χ1v) is 6.60. The van der Waals surface area contributed by atoms with E-state index in [1.807, 2.05) is 18.3 Å². The highest BCUT2D eigenvalue weighted by Crippen LogP contribution is 2.30. The van der Waals surface area contributed by atoms with Gasteiger partial charge in [-0.2, -0.15) is 0 Å². The van der Waals surface area contributed by atoms with E-state index in [0.717, 1.165) is 26.3 Å². The standard InChI is InChI=1S/C12H19NOS/c1-2-14-7-6-13-9-11-8-10-4-3-5-12(10)15-11/h8,13H,2-7,9H2,1H3. The quantitative estimate of drug-likeness (QED) is 0.750. The van der Waals surface area contributed by atoms with Gasteiger partial charge >= 0.3 is 0 Å². The van der Waals surface area contributed by atoms with E-state index < -0.39 is 0 Å². The summed E-state index contributed by atoms with van der Waals surface area (Å²) < 4.78 is 5.27. The number of thiophene rings is 1. The van der Waals surface area contributed by atoms with Gasteiger partial charge < -0.3 is 10.1 Å². The Morgan fingerprint density at radius 1 is 1.47 bits per heavy atom. The molecule has 1 aliphatic carbocycles. The number of hydrogen-bond acceptors (Lipinski definition) is 3. The van der Waals surface area contributed by atoms with Crippen LogP contribution >= 0.6 is 11.3 Å². The van der Waals surface area contributed by atoms with E-state index in [4.69, 9.17) is 4.74 Å². The third-order valence-electron chi connectivity index (χ3n) is 2.72. The van der Waals surface area contributed by atoms with Gasteiger partial charge in [0.15, 0.2) is 0 Å². The van der Waals surface area contributed by atoms with Crippen LogP contribution in [0.1, 0.15) is 28.7 Å². The van der Waals surface area contributed by atoms with Crippen LogP contribution in [0.2, 0.25) is 0 Å². The molecule has 1 aliphatic rings. The lowest BCUT2D eigenvalue weighted by atomic mass is 10.2. The molecule has 84 valence electrons. The fourth-order valence-electron chi connectivity index (χ4n) is 1.98. The molecule has 0 saturated heterocycles. The molecular formula is C12H19NOS. The molecular weight excluding hydrogens is 206 g/mol. The fourth-order valence-corrected chi connectivity index (χ4v) is 3.21. The van der Waals surface area contributed by atoms with Crippen LogP contribution in [-0.4, -0.2) is 19.8 Å². The molecule has 1 heterocycles. The molecule has 0 saturated carbocycles. The number of nitrogens with one attached hydrogen (secondary N) is 1. The van der Waals surface area contributed by atoms with Crippen molar-refractivity contribution in [3.63, 3.8) is 0 Å². The predicted octanol–water partition coefficient (Wildman–Crippen LogP) is 2.36. The second kappa shape index (κ2) is 5.64. The zero-order chi connectivity index (χ0) is 10.5. The monoisotopic (exact) mass is 225 g/mol. The molecule has 0 radical (unpaired) electrons. The van der Waals surface area contributed by atoms with Gasteiger partial charge in [-0.25, -0.2) is 0 Å². The summed E-state index contributed by atoms with van der Waals surface area (Å²) in [5, 5.41) is 3.41. The highest BCUT2D eigenvalue weighted by Gasteiger charge is 2.14. The summed E-state index contributed by atoms with van der Waals surface area (Å²) in [6, 6.07) is 2.38. The van der Waals surface area contributed by atoms with Crippen LogP contribution in [0.3, 0.4) is 0 Å². The van der Waals surface area contributed by atoms with Crippen molar-refractivity contribution in [2.45, 2.75) is 32.7 Å². The molecule has 15 heavy (non-hydrogen) atoms. The van der Waals surface area contributed by atoms with Crippen LogP contribution in [0.15, 0.2) is 6.07 Å². The van der Waals surface area contributed by atoms with E-state index in [-0.39, 0.29) is 0 Å². The van der Waals surface area contributed by atoms with Crippen molar-refractivity contribution in [3.05, 3.63) is 21.4 Å². The highest BCUT2D eigenvalue weighted by molar-refractivity contribution is 7.12. The van der Waals surface area contributed by atoms with Crippen molar-refractivity contribution in [2.75, 3.05) is 19.8 Å². The second-order valence-electron chi connectivity index (χ2n) is 3.89. The summed E-state index contributed by atoms with van der Waals surface area (Å²) in [6.07, 6.45) is 3.96. The average molecular weight is 225 g/mol. The van der Waals surface area contributed by atoms with Crippen molar-refractivity contribution in [1.29, 1.82) is 0 Å². The van der Waals surface area contributed by atoms with Gasteiger partial charge in [0.25, 0.3) is 0 Å². The van der Waals surface area contributed by atoms with E-state index in [1.165, 1.54) is 24.1 Å². The molecule has 1 N–H and O–H groups in total. The number of aryl methyl sites for hydroxylation is 2. The minimum atomic E-state index is 0.814. The Morgan fingerprint density at radius 2 is 2.40 bits per heavy atom. The largest absolute Gasteiger partial charge is 0.380 e. The van der Waals surface area contributed by atoms with Gasteiger partial charge in [0.1, 0.15) is 0 Å². The molecule has 2 rings (SSSR count). The smallest absolute Gasteiger partial charge is 0.0590 e. The van der Waals surface area contributed by atoms with Crippen molar-refractivity contribution < 1.29 is 4.74 Å². The normalized spacial score (nSPS) is 14.5. The summed E-state index contributed by atoms with van der Waals surface area (Å²) in [6.45, 7) is 5.63. The lowest BCUT2D eigenvalue weighted by Gasteiger charge is -2.02. The molecule has 1 aromatic heterocycles. The fraction of sp³-hybridized carbons (Fsp3) is 0.667. The van der Waals surface area contributed by atoms with Crippen molar-refractivity contribution in [1.82, 2.24) is 5.32 Å². The molecule has 0 bridgehead atoms. The van der Waals surface area contributed by atoms with Crippen LogP contribution in [-0.2, 0) is 24.1 Å². The summed E-state index contributed by atoms with van der Waals surface area (Å²) in [5.41, 5.74) is 1.60. The molecule has 0 aromatic carbocycles. The highest BCUT2D eigenvalue weighted by atomic mass is 32.1. The number of hydrogen-bond donors (Lipinski definition) is 1. The van der Waals surface area contributed by atoms with Gasteiger partial charge in [0.05, 0.1) is 6.61 Å². The Balaban J connectivity index is 1.70. The van der Waals surface area contributed by atoms with Gasteiger partial charge in [-0.15, -0.1) is 11.3 Å². The van der Waals surface area contributed by atoms with Gasteiger partial charge in [-0.1, -0.05) is 0 Å². The number of rotatable bonds is 6. The molecule has 0 atom stereocenters. The van der Waals surface area contributed by atoms with Crippen LogP contribution < -0.4 is 5.32 Å². The van der Waals surface area contributed by atoms with E-state index in [1.54, 1.807) is 10.4 Å². The summed E-state index contributed by atoms with van der Waals surface area (Å²) in [7, 11) is 0. The minimum Gasteiger partial charge on any atom is -0.380 e. The first kappa shape index (κ1) is 11.1. The third kappa shape index (κ3) is 3.03. The van der Waals surface area contributed by atoms with Gasteiger partial charge in [-0.05, 0) is 37.8 Å². The van der Waals surface area contributed by atoms with Crippen LogP contribution in [0.25, 0.3) is 0 Å². The van der Waals surface area contributed by atoms with Crippen molar-refractivity contribution in [3.8, 4) is 0 Å². The van der Waals surface area contributed by atoms with Crippen molar-refractivity contribution >= 4 is 11.3 Å². The van der Waals surface area contributed by atoms with E-state index in [0.29, 0.717) is 0 Å². The maximum absolute atomic E-state index is 5.27. The molecule has 0 amide bonds. The van der Waals surface area contributed by atoms with Crippen LogP contribution in [0.4, 0.5) is 0 Å².